The minimum absolute atomic E-state index is 0.0735. The van der Waals surface area contributed by atoms with E-state index in [4.69, 9.17) is 10.4 Å². The molecule has 0 radical (unpaired) electrons. The first kappa shape index (κ1) is 12.7. The van der Waals surface area contributed by atoms with E-state index >= 15 is 0 Å². The minimum atomic E-state index is -0.940. The van der Waals surface area contributed by atoms with Crippen LogP contribution in [0, 0.1) is 11.3 Å². The monoisotopic (exact) mass is 233 g/mol. The predicted molar refractivity (Wildman–Crippen MR) is 58.5 cm³/mol. The number of esters is 1. The molecule has 17 heavy (non-hydrogen) atoms. The summed E-state index contributed by atoms with van der Waals surface area (Å²) >= 11 is 0. The van der Waals surface area contributed by atoms with Crippen LogP contribution in [0.3, 0.4) is 0 Å². The lowest BCUT2D eigenvalue weighted by Gasteiger charge is -2.07. The first-order valence-corrected chi connectivity index (χ1v) is 4.91. The molecule has 0 heterocycles. The maximum Gasteiger partial charge on any atom is 0.338 e. The number of rotatable bonds is 4. The van der Waals surface area contributed by atoms with Crippen molar-refractivity contribution >= 4 is 11.9 Å². The van der Waals surface area contributed by atoms with Crippen molar-refractivity contribution in [2.45, 2.75) is 12.8 Å². The largest absolute Gasteiger partial charge is 0.481 e. The molecule has 0 aromatic heterocycles. The van der Waals surface area contributed by atoms with Crippen molar-refractivity contribution < 1.29 is 19.4 Å². The molecule has 0 aliphatic rings. The van der Waals surface area contributed by atoms with Gasteiger partial charge in [-0.3, -0.25) is 4.79 Å². The molecule has 0 saturated carbocycles. The normalized spacial score (nSPS) is 9.41. The molecule has 1 N–H and O–H groups in total. The lowest BCUT2D eigenvalue weighted by Crippen LogP contribution is -2.08. The second-order valence-corrected chi connectivity index (χ2v) is 3.37. The Bertz CT molecular complexity index is 488. The van der Waals surface area contributed by atoms with Gasteiger partial charge >= 0.3 is 11.9 Å². The number of ether oxygens (including phenoxy) is 1. The van der Waals surface area contributed by atoms with Crippen LogP contribution in [0.1, 0.15) is 27.9 Å². The van der Waals surface area contributed by atoms with Gasteiger partial charge in [0.2, 0.25) is 0 Å². The number of methoxy groups -OCH3 is 1. The molecule has 5 nitrogen and oxygen atoms in total. The Balaban J connectivity index is 3.07. The number of hydrogen-bond acceptors (Lipinski definition) is 4. The topological polar surface area (TPSA) is 87.4 Å². The molecule has 5 heteroatoms. The Labute approximate surface area is 98.2 Å². The number of carboxylic acid groups (broad SMARTS) is 1. The van der Waals surface area contributed by atoms with Crippen LogP contribution in [0.5, 0.6) is 0 Å². The zero-order chi connectivity index (χ0) is 12.8. The number of benzene rings is 1. The number of nitriles is 1. The summed E-state index contributed by atoms with van der Waals surface area (Å²) in [6.07, 6.45) is 0.154. The molecule has 1 aromatic rings. The maximum absolute atomic E-state index is 11.5. The third-order valence-corrected chi connectivity index (χ3v) is 2.25. The molecule has 0 atom stereocenters. The molecule has 0 amide bonds. The SMILES string of the molecule is COC(=O)c1cc(C#N)ccc1CCC(=O)O. The zero-order valence-corrected chi connectivity index (χ0v) is 9.27. The third-order valence-electron chi connectivity index (χ3n) is 2.25. The number of carbonyl (C=O) groups excluding carboxylic acids is 1. The summed E-state index contributed by atoms with van der Waals surface area (Å²) in [5.74, 6) is -1.51. The molecule has 0 bridgehead atoms. The van der Waals surface area contributed by atoms with E-state index in [1.807, 2.05) is 6.07 Å². The summed E-state index contributed by atoms with van der Waals surface area (Å²) in [6.45, 7) is 0. The lowest BCUT2D eigenvalue weighted by atomic mass is 10.0. The third kappa shape index (κ3) is 3.31. The molecule has 0 saturated heterocycles. The second kappa shape index (κ2) is 5.66. The highest BCUT2D eigenvalue weighted by Gasteiger charge is 2.13. The highest BCUT2D eigenvalue weighted by Crippen LogP contribution is 2.15. The van der Waals surface area contributed by atoms with Crippen LogP contribution in [0.25, 0.3) is 0 Å². The van der Waals surface area contributed by atoms with Gasteiger partial charge in [-0.05, 0) is 24.1 Å². The molecule has 0 fully saturated rings. The summed E-state index contributed by atoms with van der Waals surface area (Å²) in [6, 6.07) is 6.44. The van der Waals surface area contributed by atoms with Crippen molar-refractivity contribution in [3.8, 4) is 6.07 Å². The van der Waals surface area contributed by atoms with Gasteiger partial charge in [0.15, 0.2) is 0 Å². The number of aliphatic carboxylic acids is 1. The van der Waals surface area contributed by atoms with Crippen molar-refractivity contribution in [1.29, 1.82) is 5.26 Å². The Kier molecular flexibility index (Phi) is 4.23. The molecule has 0 aliphatic carbocycles. The van der Waals surface area contributed by atoms with Crippen molar-refractivity contribution in [2.75, 3.05) is 7.11 Å². The Hall–Kier alpha value is -2.35. The van der Waals surface area contributed by atoms with Crippen molar-refractivity contribution in [3.05, 3.63) is 34.9 Å². The molecule has 1 rings (SSSR count). The maximum atomic E-state index is 11.5. The van der Waals surface area contributed by atoms with Gasteiger partial charge in [0, 0.05) is 6.42 Å². The van der Waals surface area contributed by atoms with Crippen LogP contribution < -0.4 is 0 Å². The van der Waals surface area contributed by atoms with Gasteiger partial charge in [-0.15, -0.1) is 0 Å². The van der Waals surface area contributed by atoms with E-state index in [1.165, 1.54) is 13.2 Å². The highest BCUT2D eigenvalue weighted by atomic mass is 16.5. The van der Waals surface area contributed by atoms with E-state index in [-0.39, 0.29) is 18.4 Å². The van der Waals surface area contributed by atoms with Crippen LogP contribution in [-0.4, -0.2) is 24.2 Å². The van der Waals surface area contributed by atoms with E-state index in [1.54, 1.807) is 12.1 Å². The van der Waals surface area contributed by atoms with Gasteiger partial charge in [-0.25, -0.2) is 4.79 Å². The van der Waals surface area contributed by atoms with E-state index in [0.29, 0.717) is 11.1 Å². The number of nitrogens with zero attached hydrogens (tertiary/aromatic N) is 1. The van der Waals surface area contributed by atoms with Crippen molar-refractivity contribution in [1.82, 2.24) is 0 Å². The van der Waals surface area contributed by atoms with Gasteiger partial charge in [-0.2, -0.15) is 5.26 Å². The molecule has 0 unspecified atom stereocenters. The van der Waals surface area contributed by atoms with E-state index in [0.717, 1.165) is 0 Å². The molecule has 1 aromatic carbocycles. The predicted octanol–water partition coefficient (Wildman–Crippen LogP) is 1.36. The number of aryl methyl sites for hydroxylation is 1. The summed E-state index contributed by atoms with van der Waals surface area (Å²) in [5.41, 5.74) is 1.15. The summed E-state index contributed by atoms with van der Waals surface area (Å²) in [4.78, 5) is 21.9. The van der Waals surface area contributed by atoms with Crippen LogP contribution in [0.4, 0.5) is 0 Å². The van der Waals surface area contributed by atoms with Crippen LogP contribution in [0.15, 0.2) is 18.2 Å². The van der Waals surface area contributed by atoms with Gasteiger partial charge in [0.25, 0.3) is 0 Å². The first-order valence-electron chi connectivity index (χ1n) is 4.91. The number of carbonyl (C=O) groups is 2. The molecular formula is C12H11NO4. The molecule has 0 aliphatic heterocycles. The number of carboxylic acids is 1. The standard InChI is InChI=1S/C12H11NO4/c1-17-12(16)10-6-8(7-13)2-3-9(10)4-5-11(14)15/h2-3,6H,4-5H2,1H3,(H,14,15). The van der Waals surface area contributed by atoms with Crippen molar-refractivity contribution in [2.24, 2.45) is 0 Å². The first-order chi connectivity index (χ1) is 8.08. The van der Waals surface area contributed by atoms with Gasteiger partial charge in [0.1, 0.15) is 0 Å². The molecular weight excluding hydrogens is 222 g/mol. The minimum Gasteiger partial charge on any atom is -0.481 e. The van der Waals surface area contributed by atoms with Crippen LogP contribution in [0.2, 0.25) is 0 Å². The van der Waals surface area contributed by atoms with Crippen molar-refractivity contribution in [3.63, 3.8) is 0 Å². The van der Waals surface area contributed by atoms with Crippen LogP contribution in [-0.2, 0) is 16.0 Å². The quantitative estimate of drug-likeness (QED) is 0.793. The fraction of sp³-hybridized carbons (Fsp3) is 0.250. The van der Waals surface area contributed by atoms with Crippen LogP contribution >= 0.6 is 0 Å². The zero-order valence-electron chi connectivity index (χ0n) is 9.27. The molecule has 0 spiro atoms. The smallest absolute Gasteiger partial charge is 0.338 e. The highest BCUT2D eigenvalue weighted by molar-refractivity contribution is 5.91. The second-order valence-electron chi connectivity index (χ2n) is 3.37. The fourth-order valence-electron chi connectivity index (χ4n) is 1.41. The van der Waals surface area contributed by atoms with E-state index in [2.05, 4.69) is 4.74 Å². The fourth-order valence-corrected chi connectivity index (χ4v) is 1.41. The number of hydrogen-bond donors (Lipinski definition) is 1. The van der Waals surface area contributed by atoms with Gasteiger partial charge in [-0.1, -0.05) is 6.07 Å². The average molecular weight is 233 g/mol. The van der Waals surface area contributed by atoms with E-state index < -0.39 is 11.9 Å². The van der Waals surface area contributed by atoms with E-state index in [9.17, 15) is 9.59 Å². The Morgan fingerprint density at radius 3 is 2.71 bits per heavy atom. The summed E-state index contributed by atoms with van der Waals surface area (Å²) in [5, 5.41) is 17.3. The Morgan fingerprint density at radius 2 is 2.18 bits per heavy atom. The lowest BCUT2D eigenvalue weighted by molar-refractivity contribution is -0.136. The molecule has 88 valence electrons. The average Bonchev–Trinajstić information content (AvgIpc) is 2.35. The summed E-state index contributed by atoms with van der Waals surface area (Å²) < 4.78 is 4.59. The Morgan fingerprint density at radius 1 is 1.47 bits per heavy atom. The van der Waals surface area contributed by atoms with Gasteiger partial charge < -0.3 is 9.84 Å². The summed E-state index contributed by atoms with van der Waals surface area (Å²) in [7, 11) is 1.24. The van der Waals surface area contributed by atoms with Gasteiger partial charge in [0.05, 0.1) is 24.3 Å².